The van der Waals surface area contributed by atoms with Gasteiger partial charge in [0.05, 0.1) is 11.7 Å². The second-order valence-electron chi connectivity index (χ2n) is 9.09. The summed E-state index contributed by atoms with van der Waals surface area (Å²) in [4.78, 5) is 13.5. The highest BCUT2D eigenvalue weighted by molar-refractivity contribution is 5.99. The Morgan fingerprint density at radius 3 is 2.56 bits per heavy atom. The number of nitrogens with two attached hydrogens (primary N) is 1. The van der Waals surface area contributed by atoms with Crippen LogP contribution in [0.25, 0.3) is 11.1 Å². The number of carbonyl (C=O) groups is 1. The molecule has 0 bridgehead atoms. The summed E-state index contributed by atoms with van der Waals surface area (Å²) in [7, 11) is 0. The number of fused-ring (bicyclic) bond motifs is 1. The van der Waals surface area contributed by atoms with Crippen LogP contribution in [0.15, 0.2) is 66.7 Å². The molecule has 4 rings (SSSR count). The highest BCUT2D eigenvalue weighted by atomic mass is 16.1. The summed E-state index contributed by atoms with van der Waals surface area (Å²) < 4.78 is 0. The zero-order valence-electron chi connectivity index (χ0n) is 20.3. The zero-order chi connectivity index (χ0) is 24.1. The average molecular weight is 458 g/mol. The van der Waals surface area contributed by atoms with Gasteiger partial charge in [0.15, 0.2) is 0 Å². The van der Waals surface area contributed by atoms with E-state index < -0.39 is 0 Å². The van der Waals surface area contributed by atoms with Crippen LogP contribution in [-0.2, 0) is 13.1 Å². The molecule has 0 fully saturated rings. The Kier molecular flexibility index (Phi) is 7.63. The number of nitrogens with zero attached hydrogens (tertiary/aromatic N) is 1. The first-order valence-electron chi connectivity index (χ1n) is 12.0. The second kappa shape index (κ2) is 10.8. The number of amides is 1. The van der Waals surface area contributed by atoms with Gasteiger partial charge in [-0.25, -0.2) is 5.43 Å². The van der Waals surface area contributed by atoms with Gasteiger partial charge < -0.3 is 21.4 Å². The monoisotopic (exact) mass is 457 g/mol. The summed E-state index contributed by atoms with van der Waals surface area (Å²) in [6.07, 6.45) is 0. The van der Waals surface area contributed by atoms with Crippen LogP contribution in [0.1, 0.15) is 53.9 Å². The third-order valence-electron chi connectivity index (χ3n) is 6.23. The first-order chi connectivity index (χ1) is 16.5. The Morgan fingerprint density at radius 1 is 1.03 bits per heavy atom. The molecular weight excluding hydrogens is 422 g/mol. The van der Waals surface area contributed by atoms with Crippen molar-refractivity contribution in [2.45, 2.75) is 45.9 Å². The van der Waals surface area contributed by atoms with Crippen molar-refractivity contribution in [3.63, 3.8) is 0 Å². The maximum Gasteiger partial charge on any atom is 0.252 e. The largest absolute Gasteiger partial charge is 0.346 e. The molecule has 0 radical (unpaired) electrons. The summed E-state index contributed by atoms with van der Waals surface area (Å²) >= 11 is 0. The molecule has 5 N–H and O–H groups in total. The van der Waals surface area contributed by atoms with Crippen LogP contribution in [0.5, 0.6) is 0 Å². The van der Waals surface area contributed by atoms with Gasteiger partial charge in [-0.3, -0.25) is 4.79 Å². The Balaban J connectivity index is 1.69. The molecule has 1 heterocycles. The Hall–Kier alpha value is -3.19. The number of hydrogen-bond acceptors (Lipinski definition) is 5. The van der Waals surface area contributed by atoms with Crippen LogP contribution in [0.2, 0.25) is 0 Å². The number of hydrogen-bond donors (Lipinski definition) is 4. The van der Waals surface area contributed by atoms with Gasteiger partial charge in [-0.2, -0.15) is 0 Å². The summed E-state index contributed by atoms with van der Waals surface area (Å²) in [6.45, 7) is 9.11. The van der Waals surface area contributed by atoms with Gasteiger partial charge >= 0.3 is 0 Å². The summed E-state index contributed by atoms with van der Waals surface area (Å²) in [5, 5.41) is 8.71. The smallest absolute Gasteiger partial charge is 0.252 e. The number of anilines is 1. The molecule has 1 aliphatic heterocycles. The van der Waals surface area contributed by atoms with Crippen molar-refractivity contribution in [2.75, 3.05) is 18.1 Å². The second-order valence-corrected chi connectivity index (χ2v) is 9.09. The molecule has 1 aliphatic rings. The first kappa shape index (κ1) is 24.0. The number of hydrazine groups is 1. The van der Waals surface area contributed by atoms with E-state index in [0.29, 0.717) is 13.1 Å². The van der Waals surface area contributed by atoms with Gasteiger partial charge in [-0.1, -0.05) is 48.5 Å². The highest BCUT2D eigenvalue weighted by Gasteiger charge is 2.27. The minimum Gasteiger partial charge on any atom is -0.346 e. The van der Waals surface area contributed by atoms with E-state index in [1.54, 1.807) is 0 Å². The predicted molar refractivity (Wildman–Crippen MR) is 139 cm³/mol. The third-order valence-corrected chi connectivity index (χ3v) is 6.23. The summed E-state index contributed by atoms with van der Waals surface area (Å²) in [5.74, 6) is -0.0531. The van der Waals surface area contributed by atoms with Gasteiger partial charge in [0.2, 0.25) is 0 Å². The van der Waals surface area contributed by atoms with Crippen molar-refractivity contribution in [1.29, 1.82) is 0 Å². The lowest BCUT2D eigenvalue weighted by Gasteiger charge is -2.24. The Bertz CT molecular complexity index is 1130. The van der Waals surface area contributed by atoms with Gasteiger partial charge in [-0.15, -0.1) is 0 Å². The maximum atomic E-state index is 13.5. The van der Waals surface area contributed by atoms with Gasteiger partial charge in [-0.05, 0) is 61.2 Å². The fraction of sp³-hybridized carbons (Fsp3) is 0.321. The molecule has 3 aromatic carbocycles. The molecule has 34 heavy (non-hydrogen) atoms. The lowest BCUT2D eigenvalue weighted by atomic mass is 9.95. The van der Waals surface area contributed by atoms with Crippen molar-refractivity contribution in [1.82, 2.24) is 16.1 Å². The summed E-state index contributed by atoms with van der Waals surface area (Å²) in [5.41, 5.74) is 16.3. The molecule has 1 atom stereocenters. The van der Waals surface area contributed by atoms with E-state index >= 15 is 0 Å². The quantitative estimate of drug-likeness (QED) is 0.363. The van der Waals surface area contributed by atoms with Gasteiger partial charge in [0.1, 0.15) is 0 Å². The van der Waals surface area contributed by atoms with Crippen molar-refractivity contribution in [2.24, 2.45) is 5.73 Å². The predicted octanol–water partition coefficient (Wildman–Crippen LogP) is 4.13. The minimum atomic E-state index is -0.0829. The van der Waals surface area contributed by atoms with Gasteiger partial charge in [0, 0.05) is 43.3 Å². The zero-order valence-corrected chi connectivity index (χ0v) is 20.3. The third kappa shape index (κ3) is 5.30. The summed E-state index contributed by atoms with van der Waals surface area (Å²) in [6, 6.07) is 22.9. The van der Waals surface area contributed by atoms with Crippen LogP contribution in [0, 0.1) is 0 Å². The number of nitrogens with one attached hydrogen (secondary N) is 3. The molecule has 1 amide bonds. The van der Waals surface area contributed by atoms with Gasteiger partial charge in [0.25, 0.3) is 5.91 Å². The fourth-order valence-corrected chi connectivity index (χ4v) is 4.43. The molecule has 178 valence electrons. The first-order valence-corrected chi connectivity index (χ1v) is 12.0. The number of benzene rings is 3. The average Bonchev–Trinajstić information content (AvgIpc) is 3.29. The lowest BCUT2D eigenvalue weighted by molar-refractivity contribution is 0.0939. The molecule has 0 saturated heterocycles. The van der Waals surface area contributed by atoms with Crippen molar-refractivity contribution < 1.29 is 4.79 Å². The maximum absolute atomic E-state index is 13.5. The minimum absolute atomic E-state index is 0.0531. The highest BCUT2D eigenvalue weighted by Crippen LogP contribution is 2.35. The van der Waals surface area contributed by atoms with E-state index in [-0.39, 0.29) is 18.0 Å². The van der Waals surface area contributed by atoms with E-state index in [1.807, 2.05) is 43.3 Å². The Morgan fingerprint density at radius 2 is 1.82 bits per heavy atom. The van der Waals surface area contributed by atoms with Crippen molar-refractivity contribution in [3.05, 3.63) is 89.0 Å². The molecule has 0 saturated carbocycles. The van der Waals surface area contributed by atoms with Crippen LogP contribution in [0.4, 0.5) is 5.69 Å². The number of rotatable bonds is 9. The SMILES string of the molecule is CC(C)N1NCc2c(C(=O)N[C@@H](C)c3ccccc3)cc(-c3cccc(CNCCN)c3)cc21. The molecule has 3 aromatic rings. The van der Waals surface area contributed by atoms with Crippen molar-refractivity contribution >= 4 is 11.6 Å². The number of carbonyl (C=O) groups excluding carboxylic acids is 1. The molecule has 0 unspecified atom stereocenters. The van der Waals surface area contributed by atoms with Crippen LogP contribution in [-0.4, -0.2) is 25.0 Å². The van der Waals surface area contributed by atoms with E-state index in [0.717, 1.165) is 46.6 Å². The molecule has 6 heteroatoms. The van der Waals surface area contributed by atoms with E-state index in [2.05, 4.69) is 65.2 Å². The van der Waals surface area contributed by atoms with Crippen LogP contribution >= 0.6 is 0 Å². The Labute approximate surface area is 202 Å². The van der Waals surface area contributed by atoms with Crippen molar-refractivity contribution in [3.8, 4) is 11.1 Å². The molecule has 0 aromatic heterocycles. The van der Waals surface area contributed by atoms with E-state index in [4.69, 9.17) is 5.73 Å². The molecule has 0 spiro atoms. The van der Waals surface area contributed by atoms with Crippen LogP contribution in [0.3, 0.4) is 0 Å². The standard InChI is InChI=1S/C28H35N5O/c1-19(2)33-27-16-24(23-11-7-8-21(14-23)17-30-13-12-29)15-25(26(27)18-31-33)28(34)32-20(3)22-9-5-4-6-10-22/h4-11,14-16,19-20,30-31H,12-13,17-18,29H2,1-3H3,(H,32,34)/t20-/m0/s1. The van der Waals surface area contributed by atoms with E-state index in [1.165, 1.54) is 5.56 Å². The normalized spacial score (nSPS) is 13.7. The van der Waals surface area contributed by atoms with Crippen LogP contribution < -0.4 is 26.8 Å². The van der Waals surface area contributed by atoms with E-state index in [9.17, 15) is 4.79 Å². The topological polar surface area (TPSA) is 82.4 Å². The molecule has 0 aliphatic carbocycles. The molecule has 6 nitrogen and oxygen atoms in total. The lowest BCUT2D eigenvalue weighted by Crippen LogP contribution is -2.38. The fourth-order valence-electron chi connectivity index (χ4n) is 4.43. The molecular formula is C28H35N5O.